The van der Waals surface area contributed by atoms with Crippen LogP contribution in [0.2, 0.25) is 0 Å². The van der Waals surface area contributed by atoms with Gasteiger partial charge in [0.15, 0.2) is 0 Å². The highest BCUT2D eigenvalue weighted by Gasteiger charge is 2.06. The number of hydrogen-bond donors (Lipinski definition) is 1. The largest absolute Gasteiger partial charge is 0.388 e. The molecule has 0 aliphatic heterocycles. The van der Waals surface area contributed by atoms with Crippen LogP contribution in [0.25, 0.3) is 6.08 Å². The van der Waals surface area contributed by atoms with Gasteiger partial charge in [0, 0.05) is 0 Å². The smallest absolute Gasteiger partial charge is 0.0790 e. The summed E-state index contributed by atoms with van der Waals surface area (Å²) in [4.78, 5) is 0. The van der Waals surface area contributed by atoms with Crippen LogP contribution >= 0.6 is 0 Å². The Morgan fingerprint density at radius 3 is 2.93 bits per heavy atom. The van der Waals surface area contributed by atoms with Gasteiger partial charge in [0.2, 0.25) is 0 Å². The summed E-state index contributed by atoms with van der Waals surface area (Å²) in [6.07, 6.45) is 4.51. The predicted molar refractivity (Wildman–Crippen MR) is 61.0 cm³/mol. The summed E-state index contributed by atoms with van der Waals surface area (Å²) in [5, 5.41) is 9.84. The van der Waals surface area contributed by atoms with E-state index in [1.165, 1.54) is 0 Å². The Morgan fingerprint density at radius 1 is 1.50 bits per heavy atom. The first-order valence-electron chi connectivity index (χ1n) is 5.18. The van der Waals surface area contributed by atoms with Crippen molar-refractivity contribution in [3.05, 3.63) is 42.0 Å². The van der Waals surface area contributed by atoms with E-state index in [9.17, 15) is 5.11 Å². The third-order valence-corrected chi connectivity index (χ3v) is 2.36. The molecule has 1 unspecified atom stereocenters. The molecule has 0 spiro atoms. The molecule has 1 atom stereocenters. The summed E-state index contributed by atoms with van der Waals surface area (Å²) < 4.78 is 0. The van der Waals surface area contributed by atoms with Gasteiger partial charge in [-0.3, -0.25) is 0 Å². The maximum Gasteiger partial charge on any atom is 0.0790 e. The molecule has 1 N–H and O–H groups in total. The molecule has 0 saturated carbocycles. The molecule has 0 aliphatic rings. The Labute approximate surface area is 86.1 Å². The van der Waals surface area contributed by atoms with Gasteiger partial charge in [-0.2, -0.15) is 0 Å². The lowest BCUT2D eigenvalue weighted by molar-refractivity contribution is 0.164. The molecular formula is C13H18O. The van der Waals surface area contributed by atoms with E-state index in [0.717, 1.165) is 30.4 Å². The van der Waals surface area contributed by atoms with Crippen LogP contribution < -0.4 is 0 Å². The molecule has 1 nitrogen and oxygen atoms in total. The van der Waals surface area contributed by atoms with Gasteiger partial charge in [-0.05, 0) is 23.6 Å². The van der Waals surface area contributed by atoms with Crippen molar-refractivity contribution in [2.45, 2.75) is 32.3 Å². The zero-order valence-corrected chi connectivity index (χ0v) is 8.74. The van der Waals surface area contributed by atoms with Crippen LogP contribution in [0.4, 0.5) is 0 Å². The molecule has 0 aromatic heterocycles. The van der Waals surface area contributed by atoms with Crippen molar-refractivity contribution in [3.8, 4) is 0 Å². The quantitative estimate of drug-likeness (QED) is 0.752. The molecule has 0 bridgehead atoms. The van der Waals surface area contributed by atoms with E-state index < -0.39 is 0 Å². The molecule has 0 radical (unpaired) electrons. The second-order valence-electron chi connectivity index (χ2n) is 3.53. The van der Waals surface area contributed by atoms with E-state index in [1.807, 2.05) is 24.3 Å². The van der Waals surface area contributed by atoms with Crippen LogP contribution in [-0.2, 0) is 0 Å². The molecule has 1 aromatic rings. The first kappa shape index (κ1) is 11.0. The van der Waals surface area contributed by atoms with E-state index in [-0.39, 0.29) is 6.10 Å². The molecule has 1 aromatic carbocycles. The average molecular weight is 190 g/mol. The Bertz CT molecular complexity index is 291. The minimum absolute atomic E-state index is 0.324. The van der Waals surface area contributed by atoms with Crippen molar-refractivity contribution in [2.75, 3.05) is 0 Å². The van der Waals surface area contributed by atoms with E-state index in [0.29, 0.717) is 0 Å². The number of aliphatic hydroxyl groups is 1. The Balaban J connectivity index is 2.68. The van der Waals surface area contributed by atoms with Gasteiger partial charge in [-0.15, -0.1) is 0 Å². The molecule has 0 amide bonds. The van der Waals surface area contributed by atoms with E-state index in [1.54, 1.807) is 6.08 Å². The summed E-state index contributed by atoms with van der Waals surface area (Å²) in [5.74, 6) is 0. The lowest BCUT2D eigenvalue weighted by Crippen LogP contribution is -1.97. The highest BCUT2D eigenvalue weighted by molar-refractivity contribution is 5.48. The Morgan fingerprint density at radius 2 is 2.29 bits per heavy atom. The fraction of sp³-hybridized carbons (Fsp3) is 0.385. The van der Waals surface area contributed by atoms with Crippen LogP contribution in [0.5, 0.6) is 0 Å². The van der Waals surface area contributed by atoms with Crippen LogP contribution in [0.1, 0.15) is 43.4 Å². The maximum absolute atomic E-state index is 9.84. The van der Waals surface area contributed by atoms with Gasteiger partial charge < -0.3 is 5.11 Å². The molecule has 0 aliphatic carbocycles. The minimum Gasteiger partial charge on any atom is -0.388 e. The van der Waals surface area contributed by atoms with Crippen molar-refractivity contribution in [3.63, 3.8) is 0 Å². The first-order valence-corrected chi connectivity index (χ1v) is 5.18. The summed E-state index contributed by atoms with van der Waals surface area (Å²) in [5.41, 5.74) is 2.06. The topological polar surface area (TPSA) is 20.2 Å². The van der Waals surface area contributed by atoms with Gasteiger partial charge in [0.05, 0.1) is 6.10 Å². The molecule has 76 valence electrons. The van der Waals surface area contributed by atoms with Gasteiger partial charge >= 0.3 is 0 Å². The van der Waals surface area contributed by atoms with Gasteiger partial charge in [0.1, 0.15) is 0 Å². The zero-order chi connectivity index (χ0) is 10.4. The highest BCUT2D eigenvalue weighted by atomic mass is 16.3. The van der Waals surface area contributed by atoms with Crippen molar-refractivity contribution >= 4 is 6.08 Å². The summed E-state index contributed by atoms with van der Waals surface area (Å²) in [6, 6.07) is 7.91. The summed E-state index contributed by atoms with van der Waals surface area (Å²) >= 11 is 0. The number of benzene rings is 1. The number of rotatable bonds is 5. The molecule has 1 rings (SSSR count). The highest BCUT2D eigenvalue weighted by Crippen LogP contribution is 2.20. The maximum atomic E-state index is 9.84. The van der Waals surface area contributed by atoms with E-state index in [2.05, 4.69) is 13.5 Å². The summed E-state index contributed by atoms with van der Waals surface area (Å²) in [6.45, 7) is 5.84. The number of hydrogen-bond acceptors (Lipinski definition) is 1. The predicted octanol–water partition coefficient (Wildman–Crippen LogP) is 3.55. The third-order valence-electron chi connectivity index (χ3n) is 2.36. The normalized spacial score (nSPS) is 12.4. The Hall–Kier alpha value is -1.08. The fourth-order valence-electron chi connectivity index (χ4n) is 1.46. The number of aliphatic hydroxyl groups excluding tert-OH is 1. The molecular weight excluding hydrogens is 172 g/mol. The van der Waals surface area contributed by atoms with Crippen molar-refractivity contribution in [1.29, 1.82) is 0 Å². The lowest BCUT2D eigenvalue weighted by atomic mass is 10.0. The molecule has 0 heterocycles. The van der Waals surface area contributed by atoms with Crippen molar-refractivity contribution < 1.29 is 5.11 Å². The zero-order valence-electron chi connectivity index (χ0n) is 8.74. The van der Waals surface area contributed by atoms with Crippen LogP contribution in [-0.4, -0.2) is 5.11 Å². The standard InChI is InChI=1S/C13H18O/c1-3-5-9-13(14)12-8-6-7-11(4-2)10-12/h4,6-8,10,13-14H,2-3,5,9H2,1H3. The lowest BCUT2D eigenvalue weighted by Gasteiger charge is -2.10. The monoisotopic (exact) mass is 190 g/mol. The molecule has 14 heavy (non-hydrogen) atoms. The second kappa shape index (κ2) is 5.61. The minimum atomic E-state index is -0.324. The molecule has 0 fully saturated rings. The average Bonchev–Trinajstić information content (AvgIpc) is 2.26. The van der Waals surface area contributed by atoms with Crippen LogP contribution in [0, 0.1) is 0 Å². The van der Waals surface area contributed by atoms with Crippen LogP contribution in [0.3, 0.4) is 0 Å². The van der Waals surface area contributed by atoms with Crippen LogP contribution in [0.15, 0.2) is 30.8 Å². The van der Waals surface area contributed by atoms with Gasteiger partial charge in [-0.1, -0.05) is 50.6 Å². The van der Waals surface area contributed by atoms with Gasteiger partial charge in [-0.25, -0.2) is 0 Å². The van der Waals surface area contributed by atoms with E-state index >= 15 is 0 Å². The van der Waals surface area contributed by atoms with Gasteiger partial charge in [0.25, 0.3) is 0 Å². The molecule has 0 saturated heterocycles. The first-order chi connectivity index (χ1) is 6.77. The SMILES string of the molecule is C=Cc1cccc(C(O)CCCC)c1. The fourth-order valence-corrected chi connectivity index (χ4v) is 1.46. The van der Waals surface area contributed by atoms with Crippen molar-refractivity contribution in [1.82, 2.24) is 0 Å². The second-order valence-corrected chi connectivity index (χ2v) is 3.53. The Kier molecular flexibility index (Phi) is 4.41. The number of unbranched alkanes of at least 4 members (excludes halogenated alkanes) is 1. The van der Waals surface area contributed by atoms with Crippen molar-refractivity contribution in [2.24, 2.45) is 0 Å². The van der Waals surface area contributed by atoms with E-state index in [4.69, 9.17) is 0 Å². The third kappa shape index (κ3) is 3.00. The molecule has 1 heteroatoms. The summed E-state index contributed by atoms with van der Waals surface area (Å²) in [7, 11) is 0.